The van der Waals surface area contributed by atoms with E-state index in [1.165, 1.54) is 17.0 Å². The Kier molecular flexibility index (Phi) is 6.07. The third-order valence-corrected chi connectivity index (χ3v) is 7.75. The zero-order chi connectivity index (χ0) is 25.5. The first-order valence-corrected chi connectivity index (χ1v) is 12.9. The van der Waals surface area contributed by atoms with E-state index < -0.39 is 0 Å². The quantitative estimate of drug-likeness (QED) is 0.219. The van der Waals surface area contributed by atoms with Gasteiger partial charge in [-0.15, -0.1) is 0 Å². The van der Waals surface area contributed by atoms with Crippen LogP contribution in [0.15, 0.2) is 96.0 Å². The molecular formula is C30H20ClFN2O2S. The zero-order valence-corrected chi connectivity index (χ0v) is 21.1. The van der Waals surface area contributed by atoms with E-state index in [9.17, 15) is 14.0 Å². The van der Waals surface area contributed by atoms with Gasteiger partial charge in [-0.2, -0.15) is 0 Å². The number of hydrogen-bond donors (Lipinski definition) is 0. The normalized spacial score (nSPS) is 15.0. The molecule has 1 aromatic heterocycles. The van der Waals surface area contributed by atoms with Crippen molar-refractivity contribution in [2.75, 3.05) is 0 Å². The molecule has 2 heterocycles. The van der Waals surface area contributed by atoms with Gasteiger partial charge in [-0.25, -0.2) is 4.39 Å². The van der Waals surface area contributed by atoms with Crippen molar-refractivity contribution in [2.45, 2.75) is 13.1 Å². The fourth-order valence-electron chi connectivity index (χ4n) is 4.65. The average molecular weight is 527 g/mol. The van der Waals surface area contributed by atoms with Gasteiger partial charge in [0.05, 0.1) is 11.4 Å². The Morgan fingerprint density at radius 2 is 1.65 bits per heavy atom. The van der Waals surface area contributed by atoms with Crippen molar-refractivity contribution >= 4 is 62.3 Å². The largest absolute Gasteiger partial charge is 0.342 e. The number of carbonyl (C=O) groups is 2. The topological polar surface area (TPSA) is 42.3 Å². The van der Waals surface area contributed by atoms with Gasteiger partial charge in [-0.3, -0.25) is 14.5 Å². The van der Waals surface area contributed by atoms with Gasteiger partial charge in [-0.1, -0.05) is 72.3 Å². The summed E-state index contributed by atoms with van der Waals surface area (Å²) in [6.45, 7) is 0.661. The second kappa shape index (κ2) is 9.54. The van der Waals surface area contributed by atoms with Gasteiger partial charge in [0.25, 0.3) is 11.1 Å². The van der Waals surface area contributed by atoms with Crippen molar-refractivity contribution < 1.29 is 14.0 Å². The smallest absolute Gasteiger partial charge is 0.293 e. The van der Waals surface area contributed by atoms with E-state index in [-0.39, 0.29) is 23.5 Å². The van der Waals surface area contributed by atoms with Crippen LogP contribution in [0.4, 0.5) is 9.18 Å². The molecule has 0 radical (unpaired) electrons. The van der Waals surface area contributed by atoms with Gasteiger partial charge in [0.15, 0.2) is 0 Å². The number of amides is 2. The molecule has 2 amide bonds. The minimum Gasteiger partial charge on any atom is -0.342 e. The van der Waals surface area contributed by atoms with E-state index in [0.717, 1.165) is 50.1 Å². The van der Waals surface area contributed by atoms with Crippen LogP contribution < -0.4 is 0 Å². The van der Waals surface area contributed by atoms with Gasteiger partial charge in [0.1, 0.15) is 5.82 Å². The Morgan fingerprint density at radius 1 is 0.865 bits per heavy atom. The number of nitrogens with zero attached hydrogens (tertiary/aromatic N) is 2. The maximum absolute atomic E-state index is 13.5. The van der Waals surface area contributed by atoms with Crippen LogP contribution in [0.3, 0.4) is 0 Å². The van der Waals surface area contributed by atoms with Crippen LogP contribution >= 0.6 is 23.4 Å². The number of imide groups is 1. The Hall–Kier alpha value is -3.87. The molecule has 0 unspecified atom stereocenters. The average Bonchev–Trinajstić information content (AvgIpc) is 3.37. The van der Waals surface area contributed by atoms with Crippen LogP contribution in [0, 0.1) is 5.82 Å². The van der Waals surface area contributed by atoms with Gasteiger partial charge >= 0.3 is 0 Å². The van der Waals surface area contributed by atoms with Gasteiger partial charge in [0, 0.05) is 34.2 Å². The van der Waals surface area contributed by atoms with Crippen molar-refractivity contribution in [3.63, 3.8) is 0 Å². The molecule has 0 atom stereocenters. The van der Waals surface area contributed by atoms with E-state index in [1.54, 1.807) is 12.1 Å². The molecule has 1 aliphatic rings. The molecule has 1 fully saturated rings. The van der Waals surface area contributed by atoms with E-state index in [1.807, 2.05) is 77.5 Å². The lowest BCUT2D eigenvalue weighted by atomic mass is 10.1. The molecular weight excluding hydrogens is 507 g/mol. The van der Waals surface area contributed by atoms with Crippen LogP contribution in [0.2, 0.25) is 5.02 Å². The van der Waals surface area contributed by atoms with Gasteiger partial charge in [0.2, 0.25) is 0 Å². The molecule has 0 N–H and O–H groups in total. The number of aromatic nitrogens is 1. The molecule has 0 saturated carbocycles. The highest BCUT2D eigenvalue weighted by Crippen LogP contribution is 2.35. The highest BCUT2D eigenvalue weighted by Gasteiger charge is 2.35. The highest BCUT2D eigenvalue weighted by atomic mass is 35.5. The fraction of sp³-hybridized carbons (Fsp3) is 0.0667. The SMILES string of the molecule is O=C1S/C(=C\c2cn(Cc3ccc(F)cc3Cl)c3ccccc23)C(=O)N1Cc1ccc2ccccc2c1. The molecule has 1 saturated heterocycles. The molecule has 6 rings (SSSR count). The second-order valence-corrected chi connectivity index (χ2v) is 10.3. The van der Waals surface area contributed by atoms with Crippen LogP contribution in [0.25, 0.3) is 27.8 Å². The highest BCUT2D eigenvalue weighted by molar-refractivity contribution is 8.18. The Bertz CT molecular complexity index is 1740. The van der Waals surface area contributed by atoms with Gasteiger partial charge in [-0.05, 0) is 64.0 Å². The maximum Gasteiger partial charge on any atom is 0.293 e. The summed E-state index contributed by atoms with van der Waals surface area (Å²) in [5.74, 6) is -0.687. The first-order valence-electron chi connectivity index (χ1n) is 11.7. The predicted molar refractivity (Wildman–Crippen MR) is 148 cm³/mol. The molecule has 5 aromatic rings. The lowest BCUT2D eigenvalue weighted by Gasteiger charge is -2.13. The molecule has 0 spiro atoms. The van der Waals surface area contributed by atoms with E-state index in [0.29, 0.717) is 16.5 Å². The van der Waals surface area contributed by atoms with Crippen molar-refractivity contribution in [2.24, 2.45) is 0 Å². The Morgan fingerprint density at radius 3 is 2.49 bits per heavy atom. The summed E-state index contributed by atoms with van der Waals surface area (Å²) in [7, 11) is 0. The standard InChI is InChI=1S/C30H20ClFN2O2S/c31-26-15-24(32)12-11-22(26)17-33-18-23(25-7-3-4-8-27(25)33)14-28-29(35)34(30(36)37-28)16-19-9-10-20-5-1-2-6-21(20)13-19/h1-15,18H,16-17H2/b28-14-. The number of thioether (sulfide) groups is 1. The first-order chi connectivity index (χ1) is 18.0. The first kappa shape index (κ1) is 23.5. The van der Waals surface area contributed by atoms with Crippen molar-refractivity contribution in [3.8, 4) is 0 Å². The van der Waals surface area contributed by atoms with E-state index >= 15 is 0 Å². The summed E-state index contributed by atoms with van der Waals surface area (Å²) in [5, 5.41) is 3.19. The lowest BCUT2D eigenvalue weighted by Crippen LogP contribution is -2.27. The van der Waals surface area contributed by atoms with Crippen LogP contribution in [-0.4, -0.2) is 20.6 Å². The van der Waals surface area contributed by atoms with Crippen LogP contribution in [-0.2, 0) is 17.9 Å². The lowest BCUT2D eigenvalue weighted by molar-refractivity contribution is -0.123. The van der Waals surface area contributed by atoms with Crippen molar-refractivity contribution in [3.05, 3.63) is 124 Å². The predicted octanol–water partition coefficient (Wildman–Crippen LogP) is 7.87. The van der Waals surface area contributed by atoms with E-state index in [2.05, 4.69) is 0 Å². The summed E-state index contributed by atoms with van der Waals surface area (Å²) in [6.07, 6.45) is 3.71. The summed E-state index contributed by atoms with van der Waals surface area (Å²) >= 11 is 7.22. The molecule has 0 aliphatic carbocycles. The monoisotopic (exact) mass is 526 g/mol. The minimum absolute atomic E-state index is 0.220. The molecule has 0 bridgehead atoms. The summed E-state index contributed by atoms with van der Waals surface area (Å²) in [5.41, 5.74) is 3.45. The summed E-state index contributed by atoms with van der Waals surface area (Å²) in [6, 6.07) is 26.1. The molecule has 182 valence electrons. The number of halogens is 2. The number of para-hydroxylation sites is 1. The number of fused-ring (bicyclic) bond motifs is 2. The second-order valence-electron chi connectivity index (χ2n) is 8.91. The Labute approximate surface area is 221 Å². The third kappa shape index (κ3) is 4.54. The van der Waals surface area contributed by atoms with Crippen LogP contribution in [0.1, 0.15) is 16.7 Å². The number of hydrogen-bond acceptors (Lipinski definition) is 3. The summed E-state index contributed by atoms with van der Waals surface area (Å²) < 4.78 is 15.5. The molecule has 1 aliphatic heterocycles. The van der Waals surface area contributed by atoms with Crippen LogP contribution in [0.5, 0.6) is 0 Å². The molecule has 4 nitrogen and oxygen atoms in total. The fourth-order valence-corrected chi connectivity index (χ4v) is 5.71. The molecule has 7 heteroatoms. The molecule has 37 heavy (non-hydrogen) atoms. The molecule has 4 aromatic carbocycles. The van der Waals surface area contributed by atoms with Gasteiger partial charge < -0.3 is 4.57 Å². The number of benzene rings is 4. The summed E-state index contributed by atoms with van der Waals surface area (Å²) in [4.78, 5) is 27.7. The third-order valence-electron chi connectivity index (χ3n) is 6.49. The van der Waals surface area contributed by atoms with E-state index in [4.69, 9.17) is 11.6 Å². The maximum atomic E-state index is 13.5. The zero-order valence-electron chi connectivity index (χ0n) is 19.5. The van der Waals surface area contributed by atoms with Crippen molar-refractivity contribution in [1.82, 2.24) is 9.47 Å². The minimum atomic E-state index is -0.383. The van der Waals surface area contributed by atoms with Crippen molar-refractivity contribution in [1.29, 1.82) is 0 Å². The number of carbonyl (C=O) groups excluding carboxylic acids is 2. The number of rotatable bonds is 5. The Balaban J connectivity index is 1.30.